The summed E-state index contributed by atoms with van der Waals surface area (Å²) in [5.41, 5.74) is 4.08. The minimum absolute atomic E-state index is 0.146. The first-order valence-electron chi connectivity index (χ1n) is 9.28. The number of imidazole rings is 1. The fourth-order valence-electron chi connectivity index (χ4n) is 3.11. The predicted octanol–water partition coefficient (Wildman–Crippen LogP) is 6.88. The summed E-state index contributed by atoms with van der Waals surface area (Å²) < 4.78 is 1.11. The molecular weight excluding hydrogens is 471 g/mol. The normalized spacial score (nSPS) is 11.3. The van der Waals surface area contributed by atoms with Gasteiger partial charge in [0.1, 0.15) is 5.01 Å². The molecule has 0 unspecified atom stereocenters. The van der Waals surface area contributed by atoms with Crippen molar-refractivity contribution in [2.75, 3.05) is 11.1 Å². The van der Waals surface area contributed by atoms with Gasteiger partial charge in [0.2, 0.25) is 5.91 Å². The summed E-state index contributed by atoms with van der Waals surface area (Å²) in [4.78, 5) is 24.6. The number of aromatic amines is 1. The molecular formula is C22H14Cl2N4OS2. The Kier molecular flexibility index (Phi) is 5.58. The number of benzene rings is 3. The van der Waals surface area contributed by atoms with Gasteiger partial charge in [-0.2, -0.15) is 0 Å². The Hall–Kier alpha value is -2.58. The zero-order valence-electron chi connectivity index (χ0n) is 15.9. The molecule has 0 atom stereocenters. The molecule has 9 heteroatoms. The number of thioether (sulfide) groups is 1. The van der Waals surface area contributed by atoms with Crippen LogP contribution in [-0.4, -0.2) is 26.6 Å². The number of carbonyl (C=O) groups is 1. The number of aromatic nitrogens is 3. The van der Waals surface area contributed by atoms with Gasteiger partial charge in [0.15, 0.2) is 5.16 Å². The summed E-state index contributed by atoms with van der Waals surface area (Å²) in [7, 11) is 0. The van der Waals surface area contributed by atoms with Crippen LogP contribution in [0.3, 0.4) is 0 Å². The molecule has 1 amide bonds. The number of fused-ring (bicyclic) bond motifs is 2. The molecule has 2 heterocycles. The monoisotopic (exact) mass is 484 g/mol. The van der Waals surface area contributed by atoms with E-state index in [-0.39, 0.29) is 11.7 Å². The molecule has 0 bridgehead atoms. The van der Waals surface area contributed by atoms with E-state index in [0.717, 1.165) is 31.8 Å². The van der Waals surface area contributed by atoms with Crippen LogP contribution in [0.15, 0.2) is 65.8 Å². The topological polar surface area (TPSA) is 70.7 Å². The third-order valence-electron chi connectivity index (χ3n) is 4.54. The van der Waals surface area contributed by atoms with Crippen molar-refractivity contribution >= 4 is 79.1 Å². The Morgan fingerprint density at radius 2 is 1.90 bits per heavy atom. The lowest BCUT2D eigenvalue weighted by Gasteiger charge is -2.07. The van der Waals surface area contributed by atoms with Crippen LogP contribution in [0.25, 0.3) is 31.8 Å². The van der Waals surface area contributed by atoms with Crippen LogP contribution in [0.4, 0.5) is 5.69 Å². The number of rotatable bonds is 5. The lowest BCUT2D eigenvalue weighted by molar-refractivity contribution is -0.113. The van der Waals surface area contributed by atoms with E-state index in [2.05, 4.69) is 20.3 Å². The highest BCUT2D eigenvalue weighted by Crippen LogP contribution is 2.35. The van der Waals surface area contributed by atoms with Crippen LogP contribution in [-0.2, 0) is 4.79 Å². The first-order chi connectivity index (χ1) is 15.0. The summed E-state index contributed by atoms with van der Waals surface area (Å²) in [6.45, 7) is 0. The number of anilines is 1. The van der Waals surface area contributed by atoms with Gasteiger partial charge in [-0.15, -0.1) is 11.3 Å². The zero-order chi connectivity index (χ0) is 21.4. The number of carbonyl (C=O) groups excluding carboxylic acids is 1. The Bertz CT molecular complexity index is 1400. The van der Waals surface area contributed by atoms with E-state index in [1.165, 1.54) is 11.8 Å². The first kappa shape index (κ1) is 20.3. The Labute approximate surface area is 195 Å². The summed E-state index contributed by atoms with van der Waals surface area (Å²) in [5.74, 6) is 0.0671. The van der Waals surface area contributed by atoms with Crippen LogP contribution in [0.1, 0.15) is 0 Å². The van der Waals surface area contributed by atoms with Crippen molar-refractivity contribution in [2.45, 2.75) is 5.16 Å². The Morgan fingerprint density at radius 3 is 2.74 bits per heavy atom. The average Bonchev–Trinajstić information content (AvgIpc) is 3.35. The molecule has 0 aliphatic heterocycles. The van der Waals surface area contributed by atoms with E-state index < -0.39 is 0 Å². The Balaban J connectivity index is 1.26. The lowest BCUT2D eigenvalue weighted by atomic mass is 10.2. The van der Waals surface area contributed by atoms with Gasteiger partial charge in [0.25, 0.3) is 0 Å². The SMILES string of the molecule is O=C(CSc1nc2ccc(Cl)cc2[nH]1)Nc1ccc(-c2nc3ccccc3s2)c(Cl)c1. The maximum absolute atomic E-state index is 12.4. The van der Waals surface area contributed by atoms with E-state index in [4.69, 9.17) is 23.2 Å². The van der Waals surface area contributed by atoms with Gasteiger partial charge in [-0.25, -0.2) is 9.97 Å². The number of para-hydroxylation sites is 1. The second-order valence-electron chi connectivity index (χ2n) is 6.72. The van der Waals surface area contributed by atoms with Crippen molar-refractivity contribution in [2.24, 2.45) is 0 Å². The number of nitrogens with zero attached hydrogens (tertiary/aromatic N) is 2. The van der Waals surface area contributed by atoms with Crippen LogP contribution >= 0.6 is 46.3 Å². The van der Waals surface area contributed by atoms with Crippen molar-refractivity contribution in [3.63, 3.8) is 0 Å². The first-order valence-corrected chi connectivity index (χ1v) is 11.8. The molecule has 0 spiro atoms. The average molecular weight is 485 g/mol. The van der Waals surface area contributed by atoms with Gasteiger partial charge < -0.3 is 10.3 Å². The van der Waals surface area contributed by atoms with Gasteiger partial charge in [-0.05, 0) is 48.5 Å². The van der Waals surface area contributed by atoms with Crippen LogP contribution < -0.4 is 5.32 Å². The molecule has 0 saturated heterocycles. The second kappa shape index (κ2) is 8.51. The molecule has 0 aliphatic rings. The fourth-order valence-corrected chi connectivity index (χ4v) is 5.30. The summed E-state index contributed by atoms with van der Waals surface area (Å²) >= 11 is 15.4. The lowest BCUT2D eigenvalue weighted by Crippen LogP contribution is -2.14. The van der Waals surface area contributed by atoms with Crippen LogP contribution in [0, 0.1) is 0 Å². The predicted molar refractivity (Wildman–Crippen MR) is 131 cm³/mol. The number of hydrogen-bond donors (Lipinski definition) is 2. The summed E-state index contributed by atoms with van der Waals surface area (Å²) in [6.07, 6.45) is 0. The van der Waals surface area contributed by atoms with Gasteiger partial charge in [0, 0.05) is 16.3 Å². The van der Waals surface area contributed by atoms with Crippen molar-refractivity contribution in [3.05, 3.63) is 70.7 Å². The molecule has 5 nitrogen and oxygen atoms in total. The molecule has 2 N–H and O–H groups in total. The minimum Gasteiger partial charge on any atom is -0.333 e. The molecule has 0 aliphatic carbocycles. The molecule has 154 valence electrons. The van der Waals surface area contributed by atoms with Crippen LogP contribution in [0.2, 0.25) is 10.0 Å². The number of amides is 1. The smallest absolute Gasteiger partial charge is 0.234 e. The van der Waals surface area contributed by atoms with Gasteiger partial charge in [-0.3, -0.25) is 4.79 Å². The fraction of sp³-hybridized carbons (Fsp3) is 0.0455. The van der Waals surface area contributed by atoms with Gasteiger partial charge >= 0.3 is 0 Å². The maximum Gasteiger partial charge on any atom is 0.234 e. The molecule has 0 fully saturated rings. The van der Waals surface area contributed by atoms with Crippen LogP contribution in [0.5, 0.6) is 0 Å². The number of thiazole rings is 1. The molecule has 5 aromatic rings. The van der Waals surface area contributed by atoms with Gasteiger partial charge in [0.05, 0.1) is 32.0 Å². The number of hydrogen-bond acceptors (Lipinski definition) is 5. The van der Waals surface area contributed by atoms with Gasteiger partial charge in [-0.1, -0.05) is 47.1 Å². The summed E-state index contributed by atoms with van der Waals surface area (Å²) in [5, 5.41) is 5.57. The van der Waals surface area contributed by atoms with E-state index >= 15 is 0 Å². The summed E-state index contributed by atoms with van der Waals surface area (Å²) in [6, 6.07) is 18.9. The molecule has 5 rings (SSSR count). The quantitative estimate of drug-likeness (QED) is 0.266. The van der Waals surface area contributed by atoms with Crippen molar-refractivity contribution < 1.29 is 4.79 Å². The zero-order valence-corrected chi connectivity index (χ0v) is 19.0. The van der Waals surface area contributed by atoms with E-state index in [1.807, 2.05) is 48.5 Å². The third-order valence-corrected chi connectivity index (χ3v) is 7.03. The minimum atomic E-state index is -0.146. The Morgan fingerprint density at radius 1 is 1.03 bits per heavy atom. The maximum atomic E-state index is 12.4. The third kappa shape index (κ3) is 4.41. The van der Waals surface area contributed by atoms with Crippen molar-refractivity contribution in [1.82, 2.24) is 15.0 Å². The van der Waals surface area contributed by atoms with E-state index in [0.29, 0.717) is 20.9 Å². The molecule has 0 radical (unpaired) electrons. The second-order valence-corrected chi connectivity index (χ2v) is 9.56. The molecule has 0 saturated carbocycles. The molecule has 2 aromatic heterocycles. The number of nitrogens with one attached hydrogen (secondary N) is 2. The highest BCUT2D eigenvalue weighted by molar-refractivity contribution is 7.99. The molecule has 31 heavy (non-hydrogen) atoms. The van der Waals surface area contributed by atoms with E-state index in [9.17, 15) is 4.79 Å². The number of halogens is 2. The highest BCUT2D eigenvalue weighted by atomic mass is 35.5. The largest absolute Gasteiger partial charge is 0.333 e. The van der Waals surface area contributed by atoms with E-state index in [1.54, 1.807) is 23.5 Å². The highest BCUT2D eigenvalue weighted by Gasteiger charge is 2.12. The number of H-pyrrole nitrogens is 1. The van der Waals surface area contributed by atoms with Crippen molar-refractivity contribution in [3.8, 4) is 10.6 Å². The molecule has 3 aromatic carbocycles. The standard InChI is InChI=1S/C22H14Cl2N4OS2/c23-12-5-8-16-18(9-12)28-22(27-16)30-11-20(29)25-13-6-7-14(15(24)10-13)21-26-17-3-1-2-4-19(17)31-21/h1-10H,11H2,(H,25,29)(H,27,28). The van der Waals surface area contributed by atoms with Crippen molar-refractivity contribution in [1.29, 1.82) is 0 Å².